The van der Waals surface area contributed by atoms with Crippen LogP contribution in [0.15, 0.2) is 24.3 Å². The molecule has 1 nitrogen and oxygen atoms in total. The number of thiophene rings is 1. The maximum Gasteiger partial charge on any atom is 0.0588 e. The van der Waals surface area contributed by atoms with E-state index < -0.39 is 0 Å². The van der Waals surface area contributed by atoms with E-state index >= 15 is 0 Å². The molecule has 0 fully saturated rings. The molecule has 1 atom stereocenters. The van der Waals surface area contributed by atoms with Crippen molar-refractivity contribution in [1.82, 2.24) is 5.32 Å². The van der Waals surface area contributed by atoms with Crippen LogP contribution >= 0.6 is 22.9 Å². The average molecular weight is 308 g/mol. The molecule has 3 heteroatoms. The van der Waals surface area contributed by atoms with Crippen LogP contribution in [0.1, 0.15) is 45.8 Å². The molecule has 2 rings (SSSR count). The zero-order valence-electron chi connectivity index (χ0n) is 12.6. The van der Waals surface area contributed by atoms with Crippen molar-refractivity contribution in [3.05, 3.63) is 55.7 Å². The molecule has 1 aromatic heterocycles. The normalized spacial score (nSPS) is 12.7. The minimum Gasteiger partial charge on any atom is -0.306 e. The van der Waals surface area contributed by atoms with Crippen molar-refractivity contribution in [2.75, 3.05) is 6.54 Å². The van der Waals surface area contributed by atoms with Gasteiger partial charge in [0.1, 0.15) is 0 Å². The lowest BCUT2D eigenvalue weighted by Gasteiger charge is -2.20. The first-order chi connectivity index (χ1) is 9.51. The van der Waals surface area contributed by atoms with Crippen LogP contribution in [0.3, 0.4) is 0 Å². The number of hydrogen-bond donors (Lipinski definition) is 1. The van der Waals surface area contributed by atoms with Gasteiger partial charge in [-0.2, -0.15) is 0 Å². The Morgan fingerprint density at radius 3 is 2.45 bits per heavy atom. The Kier molecular flexibility index (Phi) is 5.25. The standard InChI is InChI=1S/C17H22ClNS/c1-5-6-19-17(16-9-12(3)20-13(16)4)14-7-11(2)8-15(18)10-14/h7-10,17,19H,5-6H2,1-4H3. The molecule has 20 heavy (non-hydrogen) atoms. The second-order valence-corrected chi connectivity index (χ2v) is 7.21. The van der Waals surface area contributed by atoms with Gasteiger partial charge in [-0.05, 0) is 68.6 Å². The SMILES string of the molecule is CCCNC(c1cc(C)cc(Cl)c1)c1cc(C)sc1C. The summed E-state index contributed by atoms with van der Waals surface area (Å²) in [7, 11) is 0. The summed E-state index contributed by atoms with van der Waals surface area (Å²) < 4.78 is 0. The molecule has 0 aliphatic rings. The molecule has 0 saturated heterocycles. The molecule has 1 heterocycles. The third-order valence-corrected chi connectivity index (χ3v) is 4.59. The Morgan fingerprint density at radius 2 is 1.90 bits per heavy atom. The second kappa shape index (κ2) is 6.75. The summed E-state index contributed by atoms with van der Waals surface area (Å²) in [4.78, 5) is 2.74. The Hall–Kier alpha value is -0.830. The number of rotatable bonds is 5. The van der Waals surface area contributed by atoms with Gasteiger partial charge in [-0.1, -0.05) is 24.6 Å². The van der Waals surface area contributed by atoms with E-state index in [0.29, 0.717) is 0 Å². The van der Waals surface area contributed by atoms with Crippen molar-refractivity contribution >= 4 is 22.9 Å². The van der Waals surface area contributed by atoms with Crippen LogP contribution in [-0.4, -0.2) is 6.54 Å². The number of benzene rings is 1. The van der Waals surface area contributed by atoms with E-state index in [1.165, 1.54) is 26.4 Å². The first-order valence-corrected chi connectivity index (χ1v) is 8.28. The van der Waals surface area contributed by atoms with Crippen LogP contribution in [0.5, 0.6) is 0 Å². The van der Waals surface area contributed by atoms with Gasteiger partial charge in [0.05, 0.1) is 6.04 Å². The highest BCUT2D eigenvalue weighted by atomic mass is 35.5. The van der Waals surface area contributed by atoms with E-state index in [4.69, 9.17) is 11.6 Å². The molecule has 2 aromatic rings. The lowest BCUT2D eigenvalue weighted by Crippen LogP contribution is -2.23. The molecule has 0 bridgehead atoms. The van der Waals surface area contributed by atoms with Gasteiger partial charge < -0.3 is 5.32 Å². The van der Waals surface area contributed by atoms with Crippen LogP contribution in [0.2, 0.25) is 5.02 Å². The second-order valence-electron chi connectivity index (χ2n) is 5.32. The molecular formula is C17H22ClNS. The topological polar surface area (TPSA) is 12.0 Å². The summed E-state index contributed by atoms with van der Waals surface area (Å²) in [5, 5.41) is 4.47. The zero-order valence-corrected chi connectivity index (χ0v) is 14.2. The van der Waals surface area contributed by atoms with E-state index in [0.717, 1.165) is 18.0 Å². The van der Waals surface area contributed by atoms with Gasteiger partial charge in [0.15, 0.2) is 0 Å². The van der Waals surface area contributed by atoms with E-state index in [2.05, 4.69) is 51.2 Å². The molecular weight excluding hydrogens is 286 g/mol. The molecule has 1 unspecified atom stereocenters. The van der Waals surface area contributed by atoms with E-state index in [-0.39, 0.29) is 6.04 Å². The third-order valence-electron chi connectivity index (χ3n) is 3.39. The maximum absolute atomic E-state index is 6.24. The van der Waals surface area contributed by atoms with E-state index in [9.17, 15) is 0 Å². The predicted molar refractivity (Wildman–Crippen MR) is 90.1 cm³/mol. The fraction of sp³-hybridized carbons (Fsp3) is 0.412. The van der Waals surface area contributed by atoms with Gasteiger partial charge >= 0.3 is 0 Å². The van der Waals surface area contributed by atoms with Crippen LogP contribution in [0, 0.1) is 20.8 Å². The molecule has 0 aliphatic heterocycles. The number of aryl methyl sites for hydroxylation is 3. The molecule has 0 radical (unpaired) electrons. The predicted octanol–water partition coefficient (Wildman–Crippen LogP) is 5.42. The first-order valence-electron chi connectivity index (χ1n) is 7.08. The largest absolute Gasteiger partial charge is 0.306 e. The highest BCUT2D eigenvalue weighted by molar-refractivity contribution is 7.12. The fourth-order valence-corrected chi connectivity index (χ4v) is 3.83. The molecule has 1 aromatic carbocycles. The van der Waals surface area contributed by atoms with Gasteiger partial charge in [-0.3, -0.25) is 0 Å². The smallest absolute Gasteiger partial charge is 0.0588 e. The van der Waals surface area contributed by atoms with Crippen molar-refractivity contribution in [1.29, 1.82) is 0 Å². The maximum atomic E-state index is 6.24. The van der Waals surface area contributed by atoms with Gasteiger partial charge in [-0.15, -0.1) is 11.3 Å². The summed E-state index contributed by atoms with van der Waals surface area (Å²) in [6.07, 6.45) is 1.12. The van der Waals surface area contributed by atoms with Crippen molar-refractivity contribution in [2.24, 2.45) is 0 Å². The quantitative estimate of drug-likeness (QED) is 0.778. The molecule has 0 spiro atoms. The highest BCUT2D eigenvalue weighted by Crippen LogP contribution is 2.32. The number of nitrogens with one attached hydrogen (secondary N) is 1. The Labute approximate surface area is 131 Å². The highest BCUT2D eigenvalue weighted by Gasteiger charge is 2.18. The van der Waals surface area contributed by atoms with Gasteiger partial charge in [0.25, 0.3) is 0 Å². The minimum atomic E-state index is 0.234. The fourth-order valence-electron chi connectivity index (χ4n) is 2.56. The monoisotopic (exact) mass is 307 g/mol. The first kappa shape index (κ1) is 15.6. The summed E-state index contributed by atoms with van der Waals surface area (Å²) in [6, 6.07) is 8.84. The van der Waals surface area contributed by atoms with E-state index in [1.54, 1.807) is 0 Å². The van der Waals surface area contributed by atoms with Crippen molar-refractivity contribution in [3.8, 4) is 0 Å². The van der Waals surface area contributed by atoms with Crippen LogP contribution in [0.25, 0.3) is 0 Å². The summed E-state index contributed by atoms with van der Waals surface area (Å²) in [5.41, 5.74) is 3.84. The van der Waals surface area contributed by atoms with E-state index in [1.807, 2.05) is 17.4 Å². The summed E-state index contributed by atoms with van der Waals surface area (Å²) in [5.74, 6) is 0. The molecule has 0 amide bonds. The lowest BCUT2D eigenvalue weighted by molar-refractivity contribution is 0.597. The third kappa shape index (κ3) is 3.63. The Balaban J connectivity index is 2.43. The summed E-state index contributed by atoms with van der Waals surface area (Å²) >= 11 is 8.10. The number of halogens is 1. The Bertz CT molecular complexity index is 568. The summed E-state index contributed by atoms with van der Waals surface area (Å²) in [6.45, 7) is 9.66. The minimum absolute atomic E-state index is 0.234. The van der Waals surface area contributed by atoms with Gasteiger partial charge in [0, 0.05) is 14.8 Å². The van der Waals surface area contributed by atoms with Crippen molar-refractivity contribution in [3.63, 3.8) is 0 Å². The van der Waals surface area contributed by atoms with Crippen molar-refractivity contribution in [2.45, 2.75) is 40.2 Å². The molecule has 0 saturated carbocycles. The van der Waals surface area contributed by atoms with Crippen molar-refractivity contribution < 1.29 is 0 Å². The van der Waals surface area contributed by atoms with Crippen LogP contribution < -0.4 is 5.32 Å². The van der Waals surface area contributed by atoms with Gasteiger partial charge in [-0.25, -0.2) is 0 Å². The van der Waals surface area contributed by atoms with Crippen LogP contribution in [-0.2, 0) is 0 Å². The lowest BCUT2D eigenvalue weighted by atomic mass is 9.97. The molecule has 108 valence electrons. The molecule has 0 aliphatic carbocycles. The number of hydrogen-bond acceptors (Lipinski definition) is 2. The Morgan fingerprint density at radius 1 is 1.15 bits per heavy atom. The molecule has 1 N–H and O–H groups in total. The average Bonchev–Trinajstić information content (AvgIpc) is 2.68. The zero-order chi connectivity index (χ0) is 14.7. The van der Waals surface area contributed by atoms with Crippen LogP contribution in [0.4, 0.5) is 0 Å². The van der Waals surface area contributed by atoms with Gasteiger partial charge in [0.2, 0.25) is 0 Å².